The first-order chi connectivity index (χ1) is 11.8. The predicted molar refractivity (Wildman–Crippen MR) is 90.9 cm³/mol. The van der Waals surface area contributed by atoms with Crippen molar-refractivity contribution in [1.82, 2.24) is 5.32 Å². The van der Waals surface area contributed by atoms with Gasteiger partial charge >= 0.3 is 5.97 Å². The molecule has 6 heteroatoms. The molecule has 0 heterocycles. The molecule has 0 saturated carbocycles. The summed E-state index contributed by atoms with van der Waals surface area (Å²) in [6.07, 6.45) is -0.935. The number of benzene rings is 2. The Hall–Kier alpha value is -2.73. The van der Waals surface area contributed by atoms with E-state index in [1.54, 1.807) is 32.0 Å². The van der Waals surface area contributed by atoms with Gasteiger partial charge in [0, 0.05) is 6.54 Å². The molecule has 0 saturated heterocycles. The summed E-state index contributed by atoms with van der Waals surface area (Å²) in [5.74, 6) is -1.73. The SMILES string of the molecule is Cc1ccc(C(O)CNC(=O)Cc2ccc(C(=O)O)cc2C)cc1F. The Balaban J connectivity index is 1.94. The van der Waals surface area contributed by atoms with E-state index in [2.05, 4.69) is 5.32 Å². The number of carbonyl (C=O) groups excluding carboxylic acids is 1. The van der Waals surface area contributed by atoms with Crippen LogP contribution in [0.15, 0.2) is 36.4 Å². The third-order valence-electron chi connectivity index (χ3n) is 4.01. The zero-order valence-electron chi connectivity index (χ0n) is 14.0. The average Bonchev–Trinajstić information content (AvgIpc) is 2.56. The largest absolute Gasteiger partial charge is 0.478 e. The fraction of sp³-hybridized carbons (Fsp3) is 0.263. The Kier molecular flexibility index (Phi) is 5.88. The summed E-state index contributed by atoms with van der Waals surface area (Å²) in [4.78, 5) is 22.9. The number of halogens is 1. The van der Waals surface area contributed by atoms with Crippen molar-refractivity contribution in [2.75, 3.05) is 6.54 Å². The normalized spacial score (nSPS) is 11.8. The van der Waals surface area contributed by atoms with Crippen LogP contribution in [0.2, 0.25) is 0 Å². The number of carboxylic acids is 1. The molecule has 1 atom stereocenters. The molecule has 0 spiro atoms. The topological polar surface area (TPSA) is 86.6 Å². The second-order valence-corrected chi connectivity index (χ2v) is 5.95. The third kappa shape index (κ3) is 4.87. The van der Waals surface area contributed by atoms with E-state index in [-0.39, 0.29) is 24.4 Å². The fourth-order valence-corrected chi connectivity index (χ4v) is 2.41. The van der Waals surface area contributed by atoms with Crippen LogP contribution in [-0.2, 0) is 11.2 Å². The van der Waals surface area contributed by atoms with E-state index < -0.39 is 17.9 Å². The first kappa shape index (κ1) is 18.6. The summed E-state index contributed by atoms with van der Waals surface area (Å²) >= 11 is 0. The Labute approximate surface area is 145 Å². The van der Waals surface area contributed by atoms with Crippen molar-refractivity contribution in [2.24, 2.45) is 0 Å². The highest BCUT2D eigenvalue weighted by Gasteiger charge is 2.13. The summed E-state index contributed by atoms with van der Waals surface area (Å²) in [6, 6.07) is 8.99. The minimum absolute atomic E-state index is 0.0341. The Morgan fingerprint density at radius 2 is 1.84 bits per heavy atom. The van der Waals surface area contributed by atoms with Gasteiger partial charge in [-0.25, -0.2) is 9.18 Å². The Morgan fingerprint density at radius 3 is 2.44 bits per heavy atom. The number of hydrogen-bond acceptors (Lipinski definition) is 3. The molecule has 0 aromatic heterocycles. The Morgan fingerprint density at radius 1 is 1.12 bits per heavy atom. The number of hydrogen-bond donors (Lipinski definition) is 3. The van der Waals surface area contributed by atoms with E-state index in [4.69, 9.17) is 5.11 Å². The molecule has 0 aliphatic rings. The molecule has 2 aromatic rings. The van der Waals surface area contributed by atoms with E-state index in [1.165, 1.54) is 18.2 Å². The molecule has 3 N–H and O–H groups in total. The number of aromatic carboxylic acids is 1. The van der Waals surface area contributed by atoms with Gasteiger partial charge in [-0.2, -0.15) is 0 Å². The van der Waals surface area contributed by atoms with Gasteiger partial charge in [0.25, 0.3) is 0 Å². The summed E-state index contributed by atoms with van der Waals surface area (Å²) in [7, 11) is 0. The summed E-state index contributed by atoms with van der Waals surface area (Å²) in [5, 5.41) is 21.6. The van der Waals surface area contributed by atoms with Crippen molar-refractivity contribution in [2.45, 2.75) is 26.4 Å². The van der Waals surface area contributed by atoms with Crippen LogP contribution < -0.4 is 5.32 Å². The molecule has 1 unspecified atom stereocenters. The highest BCUT2D eigenvalue weighted by Crippen LogP contribution is 2.16. The highest BCUT2D eigenvalue weighted by atomic mass is 19.1. The van der Waals surface area contributed by atoms with Crippen molar-refractivity contribution >= 4 is 11.9 Å². The fourth-order valence-electron chi connectivity index (χ4n) is 2.41. The first-order valence-electron chi connectivity index (χ1n) is 7.81. The van der Waals surface area contributed by atoms with E-state index >= 15 is 0 Å². The predicted octanol–water partition coefficient (Wildman–Crippen LogP) is 2.53. The zero-order valence-corrected chi connectivity index (χ0v) is 14.0. The van der Waals surface area contributed by atoms with Crippen LogP contribution >= 0.6 is 0 Å². The number of carboxylic acid groups (broad SMARTS) is 1. The minimum atomic E-state index is -1.02. The lowest BCUT2D eigenvalue weighted by atomic mass is 10.0. The number of nitrogens with one attached hydrogen (secondary N) is 1. The summed E-state index contributed by atoms with van der Waals surface area (Å²) in [5.41, 5.74) is 2.46. The molecule has 2 aromatic carbocycles. The number of aliphatic hydroxyl groups is 1. The van der Waals surface area contributed by atoms with Crippen molar-refractivity contribution in [3.63, 3.8) is 0 Å². The van der Waals surface area contributed by atoms with Crippen LogP contribution in [0.25, 0.3) is 0 Å². The van der Waals surface area contributed by atoms with Gasteiger partial charge in [-0.3, -0.25) is 4.79 Å². The molecular formula is C19H20FNO4. The standard InChI is InChI=1S/C19H20FNO4/c1-11-3-4-14(8-16(11)20)17(22)10-21-18(23)9-13-5-6-15(19(24)25)7-12(13)2/h3-8,17,22H,9-10H2,1-2H3,(H,21,23)(H,24,25). The molecule has 2 rings (SSSR count). The number of rotatable bonds is 6. The van der Waals surface area contributed by atoms with Crippen LogP contribution in [-0.4, -0.2) is 28.6 Å². The van der Waals surface area contributed by atoms with Crippen LogP contribution in [0.3, 0.4) is 0 Å². The second-order valence-electron chi connectivity index (χ2n) is 5.95. The van der Waals surface area contributed by atoms with Crippen LogP contribution in [0.4, 0.5) is 4.39 Å². The highest BCUT2D eigenvalue weighted by molar-refractivity contribution is 5.88. The molecule has 0 aliphatic carbocycles. The molecule has 0 radical (unpaired) electrons. The quantitative estimate of drug-likeness (QED) is 0.751. The summed E-state index contributed by atoms with van der Waals surface area (Å²) < 4.78 is 13.5. The average molecular weight is 345 g/mol. The van der Waals surface area contributed by atoms with Gasteiger partial charge in [-0.15, -0.1) is 0 Å². The van der Waals surface area contributed by atoms with Crippen LogP contribution in [0.5, 0.6) is 0 Å². The molecule has 132 valence electrons. The van der Waals surface area contributed by atoms with Gasteiger partial charge in [-0.05, 0) is 54.3 Å². The number of amides is 1. The molecular weight excluding hydrogens is 325 g/mol. The number of carbonyl (C=O) groups is 2. The van der Waals surface area contributed by atoms with E-state index in [0.29, 0.717) is 22.3 Å². The lowest BCUT2D eigenvalue weighted by Crippen LogP contribution is -2.30. The maximum atomic E-state index is 13.5. The van der Waals surface area contributed by atoms with Crippen molar-refractivity contribution in [3.05, 3.63) is 70.0 Å². The van der Waals surface area contributed by atoms with Crippen molar-refractivity contribution in [1.29, 1.82) is 0 Å². The van der Waals surface area contributed by atoms with Gasteiger partial charge in [0.1, 0.15) is 5.82 Å². The van der Waals surface area contributed by atoms with E-state index in [0.717, 1.165) is 0 Å². The van der Waals surface area contributed by atoms with Crippen LogP contribution in [0, 0.1) is 19.7 Å². The van der Waals surface area contributed by atoms with Gasteiger partial charge in [0.2, 0.25) is 5.91 Å². The second kappa shape index (κ2) is 7.90. The van der Waals surface area contributed by atoms with Gasteiger partial charge in [-0.1, -0.05) is 18.2 Å². The van der Waals surface area contributed by atoms with E-state index in [9.17, 15) is 19.1 Å². The smallest absolute Gasteiger partial charge is 0.335 e. The molecule has 0 aliphatic heterocycles. The minimum Gasteiger partial charge on any atom is -0.478 e. The lowest BCUT2D eigenvalue weighted by Gasteiger charge is -2.13. The van der Waals surface area contributed by atoms with Crippen molar-refractivity contribution in [3.8, 4) is 0 Å². The zero-order chi connectivity index (χ0) is 18.6. The lowest BCUT2D eigenvalue weighted by molar-refractivity contribution is -0.120. The maximum Gasteiger partial charge on any atom is 0.335 e. The Bertz CT molecular complexity index is 804. The number of aryl methyl sites for hydroxylation is 2. The van der Waals surface area contributed by atoms with E-state index in [1.807, 2.05) is 0 Å². The molecule has 25 heavy (non-hydrogen) atoms. The van der Waals surface area contributed by atoms with Gasteiger partial charge in [0.15, 0.2) is 0 Å². The van der Waals surface area contributed by atoms with Crippen LogP contribution in [0.1, 0.15) is 38.7 Å². The monoisotopic (exact) mass is 345 g/mol. The van der Waals surface area contributed by atoms with Gasteiger partial charge < -0.3 is 15.5 Å². The molecule has 0 bridgehead atoms. The number of aliphatic hydroxyl groups excluding tert-OH is 1. The van der Waals surface area contributed by atoms with Gasteiger partial charge in [0.05, 0.1) is 18.1 Å². The van der Waals surface area contributed by atoms with Crippen molar-refractivity contribution < 1.29 is 24.2 Å². The molecule has 1 amide bonds. The third-order valence-corrected chi connectivity index (χ3v) is 4.01. The molecule has 5 nitrogen and oxygen atoms in total. The maximum absolute atomic E-state index is 13.5. The summed E-state index contributed by atoms with van der Waals surface area (Å²) in [6.45, 7) is 3.33. The molecule has 0 fully saturated rings. The first-order valence-corrected chi connectivity index (χ1v) is 7.81.